The molecule has 1 amide bonds. The third-order valence-corrected chi connectivity index (χ3v) is 2.87. The van der Waals surface area contributed by atoms with Crippen molar-refractivity contribution in [2.75, 3.05) is 26.2 Å². The largest absolute Gasteiger partial charge is 0.340 e. The highest BCUT2D eigenvalue weighted by Gasteiger charge is 2.18. The molecule has 1 aliphatic heterocycles. The second kappa shape index (κ2) is 5.09. The summed E-state index contributed by atoms with van der Waals surface area (Å²) in [6, 6.07) is 9.84. The number of hydrogen-bond donors (Lipinski definition) is 1. The lowest BCUT2D eigenvalue weighted by Crippen LogP contribution is -2.51. The molecule has 4 heteroatoms. The van der Waals surface area contributed by atoms with Gasteiger partial charge in [-0.1, -0.05) is 30.3 Å². The minimum atomic E-state index is 0.194. The molecular formula is C12H17N3O. The molecule has 0 bridgehead atoms. The zero-order valence-corrected chi connectivity index (χ0v) is 9.30. The fraction of sp³-hybridized carbons (Fsp3) is 0.417. The molecule has 0 aliphatic carbocycles. The summed E-state index contributed by atoms with van der Waals surface area (Å²) in [6.07, 6.45) is 0.491. The van der Waals surface area contributed by atoms with Gasteiger partial charge < -0.3 is 4.90 Å². The fourth-order valence-corrected chi connectivity index (χ4v) is 1.85. The van der Waals surface area contributed by atoms with Gasteiger partial charge >= 0.3 is 0 Å². The van der Waals surface area contributed by atoms with Crippen LogP contribution in [0.15, 0.2) is 30.3 Å². The second-order valence-corrected chi connectivity index (χ2v) is 4.08. The maximum Gasteiger partial charge on any atom is 0.227 e. The molecule has 1 aromatic carbocycles. The first-order valence-electron chi connectivity index (χ1n) is 5.57. The molecule has 0 saturated carbocycles. The first-order chi connectivity index (χ1) is 7.75. The van der Waals surface area contributed by atoms with Crippen LogP contribution in [-0.4, -0.2) is 42.0 Å². The Bertz CT molecular complexity index is 345. The molecule has 0 atom stereocenters. The number of amides is 1. The number of piperazine rings is 1. The quantitative estimate of drug-likeness (QED) is 0.725. The van der Waals surface area contributed by atoms with Gasteiger partial charge in [-0.05, 0) is 5.56 Å². The normalized spacial score (nSPS) is 17.4. The van der Waals surface area contributed by atoms with Gasteiger partial charge in [-0.3, -0.25) is 10.6 Å². The van der Waals surface area contributed by atoms with E-state index >= 15 is 0 Å². The summed E-state index contributed by atoms with van der Waals surface area (Å²) in [6.45, 7) is 3.01. The smallest absolute Gasteiger partial charge is 0.227 e. The van der Waals surface area contributed by atoms with Crippen LogP contribution in [0.5, 0.6) is 0 Å². The third kappa shape index (κ3) is 2.81. The molecule has 2 N–H and O–H groups in total. The first kappa shape index (κ1) is 11.1. The number of benzene rings is 1. The molecule has 1 aliphatic rings. The summed E-state index contributed by atoms with van der Waals surface area (Å²) in [7, 11) is 0. The minimum Gasteiger partial charge on any atom is -0.340 e. The Kier molecular flexibility index (Phi) is 3.54. The van der Waals surface area contributed by atoms with Crippen molar-refractivity contribution >= 4 is 5.91 Å². The summed E-state index contributed by atoms with van der Waals surface area (Å²) in [4.78, 5) is 13.8. The number of nitrogens with two attached hydrogens (primary N) is 1. The molecule has 0 aromatic heterocycles. The van der Waals surface area contributed by atoms with Crippen molar-refractivity contribution in [3.8, 4) is 0 Å². The van der Waals surface area contributed by atoms with Crippen molar-refractivity contribution in [1.29, 1.82) is 0 Å². The van der Waals surface area contributed by atoms with E-state index in [9.17, 15) is 4.79 Å². The summed E-state index contributed by atoms with van der Waals surface area (Å²) < 4.78 is 0. The van der Waals surface area contributed by atoms with Gasteiger partial charge in [0.2, 0.25) is 5.91 Å². The minimum absolute atomic E-state index is 0.194. The van der Waals surface area contributed by atoms with E-state index in [-0.39, 0.29) is 5.91 Å². The van der Waals surface area contributed by atoms with Gasteiger partial charge in [0.15, 0.2) is 0 Å². The maximum atomic E-state index is 11.9. The Morgan fingerprint density at radius 2 is 1.75 bits per heavy atom. The summed E-state index contributed by atoms with van der Waals surface area (Å²) >= 11 is 0. The molecular weight excluding hydrogens is 202 g/mol. The van der Waals surface area contributed by atoms with E-state index in [4.69, 9.17) is 5.84 Å². The SMILES string of the molecule is NN1CCN(C(=O)Cc2ccccc2)CC1. The average molecular weight is 219 g/mol. The molecule has 1 heterocycles. The number of carbonyl (C=O) groups is 1. The molecule has 4 nitrogen and oxygen atoms in total. The van der Waals surface area contributed by atoms with Gasteiger partial charge in [-0.2, -0.15) is 0 Å². The predicted octanol–water partition coefficient (Wildman–Crippen LogP) is 0.247. The lowest BCUT2D eigenvalue weighted by molar-refractivity contribution is -0.132. The predicted molar refractivity (Wildman–Crippen MR) is 62.5 cm³/mol. The van der Waals surface area contributed by atoms with E-state index in [1.807, 2.05) is 35.2 Å². The van der Waals surface area contributed by atoms with Crippen LogP contribution in [0.1, 0.15) is 5.56 Å². The highest BCUT2D eigenvalue weighted by atomic mass is 16.2. The first-order valence-corrected chi connectivity index (χ1v) is 5.57. The number of nitrogens with zero attached hydrogens (tertiary/aromatic N) is 2. The Morgan fingerprint density at radius 1 is 1.12 bits per heavy atom. The standard InChI is InChI=1S/C12H17N3O/c13-15-8-6-14(7-9-15)12(16)10-11-4-2-1-3-5-11/h1-5H,6-10,13H2. The van der Waals surface area contributed by atoms with Gasteiger partial charge in [0, 0.05) is 26.2 Å². The van der Waals surface area contributed by atoms with Gasteiger partial charge in [0.1, 0.15) is 0 Å². The third-order valence-electron chi connectivity index (χ3n) is 2.87. The van der Waals surface area contributed by atoms with Crippen molar-refractivity contribution in [2.24, 2.45) is 5.84 Å². The molecule has 86 valence electrons. The van der Waals surface area contributed by atoms with Crippen LogP contribution >= 0.6 is 0 Å². The van der Waals surface area contributed by atoms with Crippen LogP contribution in [-0.2, 0) is 11.2 Å². The van der Waals surface area contributed by atoms with Crippen LogP contribution < -0.4 is 5.84 Å². The summed E-state index contributed by atoms with van der Waals surface area (Å²) in [5, 5.41) is 1.76. The van der Waals surface area contributed by atoms with Crippen LogP contribution in [0.2, 0.25) is 0 Å². The average Bonchev–Trinajstić information content (AvgIpc) is 2.31. The molecule has 0 spiro atoms. The van der Waals surface area contributed by atoms with Gasteiger partial charge in [-0.15, -0.1) is 0 Å². The zero-order valence-electron chi connectivity index (χ0n) is 9.30. The van der Waals surface area contributed by atoms with E-state index in [2.05, 4.69) is 0 Å². The number of hydrogen-bond acceptors (Lipinski definition) is 3. The van der Waals surface area contributed by atoms with E-state index < -0.39 is 0 Å². The number of rotatable bonds is 2. The van der Waals surface area contributed by atoms with Crippen molar-refractivity contribution in [2.45, 2.75) is 6.42 Å². The van der Waals surface area contributed by atoms with E-state index in [0.29, 0.717) is 6.42 Å². The van der Waals surface area contributed by atoms with Gasteiger partial charge in [0.25, 0.3) is 0 Å². The topological polar surface area (TPSA) is 49.6 Å². The molecule has 2 rings (SSSR count). The zero-order chi connectivity index (χ0) is 11.4. The highest BCUT2D eigenvalue weighted by Crippen LogP contribution is 2.05. The summed E-state index contributed by atoms with van der Waals surface area (Å²) in [5.41, 5.74) is 1.07. The number of hydrazine groups is 1. The second-order valence-electron chi connectivity index (χ2n) is 4.08. The fourth-order valence-electron chi connectivity index (χ4n) is 1.85. The number of carbonyl (C=O) groups excluding carboxylic acids is 1. The van der Waals surface area contributed by atoms with Crippen LogP contribution in [0, 0.1) is 0 Å². The molecule has 0 radical (unpaired) electrons. The van der Waals surface area contributed by atoms with E-state index in [0.717, 1.165) is 31.7 Å². The molecule has 1 fully saturated rings. The van der Waals surface area contributed by atoms with Crippen molar-refractivity contribution in [3.05, 3.63) is 35.9 Å². The van der Waals surface area contributed by atoms with Crippen molar-refractivity contribution in [3.63, 3.8) is 0 Å². The van der Waals surface area contributed by atoms with Gasteiger partial charge in [0.05, 0.1) is 6.42 Å². The van der Waals surface area contributed by atoms with Crippen LogP contribution in [0.4, 0.5) is 0 Å². The molecule has 1 aromatic rings. The maximum absolute atomic E-state index is 11.9. The van der Waals surface area contributed by atoms with Crippen LogP contribution in [0.3, 0.4) is 0 Å². The summed E-state index contributed by atoms with van der Waals surface area (Å²) in [5.74, 6) is 5.84. The van der Waals surface area contributed by atoms with Crippen LogP contribution in [0.25, 0.3) is 0 Å². The monoisotopic (exact) mass is 219 g/mol. The van der Waals surface area contributed by atoms with Crippen molar-refractivity contribution in [1.82, 2.24) is 9.91 Å². The highest BCUT2D eigenvalue weighted by molar-refractivity contribution is 5.78. The molecule has 16 heavy (non-hydrogen) atoms. The van der Waals surface area contributed by atoms with Gasteiger partial charge in [-0.25, -0.2) is 5.01 Å². The van der Waals surface area contributed by atoms with Crippen molar-refractivity contribution < 1.29 is 4.79 Å². The lowest BCUT2D eigenvalue weighted by Gasteiger charge is -2.32. The Morgan fingerprint density at radius 3 is 2.38 bits per heavy atom. The van der Waals surface area contributed by atoms with E-state index in [1.165, 1.54) is 0 Å². The lowest BCUT2D eigenvalue weighted by atomic mass is 10.1. The Labute approximate surface area is 95.6 Å². The Hall–Kier alpha value is -1.39. The molecule has 0 unspecified atom stereocenters. The molecule has 1 saturated heterocycles. The van der Waals surface area contributed by atoms with E-state index in [1.54, 1.807) is 5.01 Å². The Balaban J connectivity index is 1.89.